The van der Waals surface area contributed by atoms with Gasteiger partial charge in [0.15, 0.2) is 0 Å². The Balaban J connectivity index is 1.70. The van der Waals surface area contributed by atoms with Crippen molar-refractivity contribution < 1.29 is 5.11 Å². The first-order chi connectivity index (χ1) is 7.29. The number of aliphatic hydroxyl groups is 1. The van der Waals surface area contributed by atoms with E-state index in [4.69, 9.17) is 5.11 Å². The van der Waals surface area contributed by atoms with Gasteiger partial charge in [0.05, 0.1) is 0 Å². The van der Waals surface area contributed by atoms with Crippen LogP contribution >= 0.6 is 0 Å². The summed E-state index contributed by atoms with van der Waals surface area (Å²) in [5.74, 6) is 1.45. The predicted octanol–water partition coefficient (Wildman–Crippen LogP) is 2.95. The van der Waals surface area contributed by atoms with Crippen molar-refractivity contribution in [2.75, 3.05) is 6.61 Å². The van der Waals surface area contributed by atoms with Crippen molar-refractivity contribution >= 4 is 0 Å². The minimum absolute atomic E-state index is 0.398. The molecule has 0 heterocycles. The van der Waals surface area contributed by atoms with Gasteiger partial charge >= 0.3 is 0 Å². The molecule has 2 unspecified atom stereocenters. The molecule has 1 saturated carbocycles. The molecule has 1 aromatic rings. The van der Waals surface area contributed by atoms with Crippen LogP contribution in [0.3, 0.4) is 0 Å². The maximum Gasteiger partial charge on any atom is 0.0462 e. The largest absolute Gasteiger partial charge is 0.396 e. The Bertz CT molecular complexity index is 319. The van der Waals surface area contributed by atoms with Gasteiger partial charge in [-0.05, 0) is 50.0 Å². The number of aliphatic hydroxyl groups excluding tert-OH is 1. The van der Waals surface area contributed by atoms with Crippen LogP contribution in [0.4, 0.5) is 0 Å². The number of benzene rings is 1. The van der Waals surface area contributed by atoms with E-state index in [2.05, 4.69) is 31.2 Å². The third-order valence-corrected chi connectivity index (χ3v) is 3.43. The van der Waals surface area contributed by atoms with Crippen molar-refractivity contribution in [1.82, 2.24) is 0 Å². The summed E-state index contributed by atoms with van der Waals surface area (Å²) >= 11 is 0. The number of hydrogen-bond acceptors (Lipinski definition) is 1. The summed E-state index contributed by atoms with van der Waals surface area (Å²) in [7, 11) is 0. The number of aryl methyl sites for hydroxylation is 2. The lowest BCUT2D eigenvalue weighted by Gasteiger charge is -2.02. The highest BCUT2D eigenvalue weighted by molar-refractivity contribution is 5.22. The SMILES string of the molecule is Cc1cccc(CCCC2CC2CO)c1. The molecule has 1 nitrogen and oxygen atoms in total. The normalized spacial score (nSPS) is 24.1. The Labute approximate surface area is 92.1 Å². The predicted molar refractivity (Wildman–Crippen MR) is 62.8 cm³/mol. The summed E-state index contributed by atoms with van der Waals surface area (Å²) in [6.45, 7) is 2.54. The molecular weight excluding hydrogens is 184 g/mol. The molecule has 0 radical (unpaired) electrons. The minimum atomic E-state index is 0.398. The van der Waals surface area contributed by atoms with Crippen LogP contribution in [-0.4, -0.2) is 11.7 Å². The first-order valence-corrected chi connectivity index (χ1v) is 5.96. The lowest BCUT2D eigenvalue weighted by molar-refractivity contribution is 0.267. The molecule has 1 aliphatic carbocycles. The molecule has 2 rings (SSSR count). The van der Waals surface area contributed by atoms with Crippen LogP contribution in [0.15, 0.2) is 24.3 Å². The topological polar surface area (TPSA) is 20.2 Å². The van der Waals surface area contributed by atoms with E-state index < -0.39 is 0 Å². The second kappa shape index (κ2) is 4.80. The van der Waals surface area contributed by atoms with Crippen molar-refractivity contribution in [3.05, 3.63) is 35.4 Å². The van der Waals surface area contributed by atoms with Crippen molar-refractivity contribution in [3.8, 4) is 0 Å². The van der Waals surface area contributed by atoms with Crippen LogP contribution in [-0.2, 0) is 6.42 Å². The van der Waals surface area contributed by atoms with Gasteiger partial charge in [-0.15, -0.1) is 0 Å². The van der Waals surface area contributed by atoms with E-state index in [1.807, 2.05) is 0 Å². The van der Waals surface area contributed by atoms with Crippen LogP contribution in [0, 0.1) is 18.8 Å². The average molecular weight is 204 g/mol. The lowest BCUT2D eigenvalue weighted by Crippen LogP contribution is -1.91. The Kier molecular flexibility index (Phi) is 3.42. The molecule has 1 N–H and O–H groups in total. The maximum atomic E-state index is 8.93. The second-order valence-electron chi connectivity index (χ2n) is 4.82. The molecule has 0 saturated heterocycles. The average Bonchev–Trinajstić information content (AvgIpc) is 2.97. The van der Waals surface area contributed by atoms with Gasteiger partial charge in [0, 0.05) is 6.61 Å². The van der Waals surface area contributed by atoms with E-state index in [9.17, 15) is 0 Å². The van der Waals surface area contributed by atoms with Crippen molar-refractivity contribution in [2.24, 2.45) is 11.8 Å². The van der Waals surface area contributed by atoms with Crippen molar-refractivity contribution in [3.63, 3.8) is 0 Å². The van der Waals surface area contributed by atoms with Crippen LogP contribution in [0.1, 0.15) is 30.4 Å². The van der Waals surface area contributed by atoms with Crippen LogP contribution in [0.5, 0.6) is 0 Å². The van der Waals surface area contributed by atoms with Crippen molar-refractivity contribution in [1.29, 1.82) is 0 Å². The van der Waals surface area contributed by atoms with Gasteiger partial charge in [-0.1, -0.05) is 29.8 Å². The zero-order chi connectivity index (χ0) is 10.7. The smallest absolute Gasteiger partial charge is 0.0462 e. The molecule has 2 atom stereocenters. The highest BCUT2D eigenvalue weighted by Crippen LogP contribution is 2.41. The third kappa shape index (κ3) is 3.07. The van der Waals surface area contributed by atoms with Gasteiger partial charge < -0.3 is 5.11 Å². The third-order valence-electron chi connectivity index (χ3n) is 3.43. The van der Waals surface area contributed by atoms with Gasteiger partial charge in [0.25, 0.3) is 0 Å². The highest BCUT2D eigenvalue weighted by atomic mass is 16.3. The van der Waals surface area contributed by atoms with E-state index in [-0.39, 0.29) is 0 Å². The summed E-state index contributed by atoms with van der Waals surface area (Å²) in [6.07, 6.45) is 5.00. The van der Waals surface area contributed by atoms with Crippen LogP contribution in [0.2, 0.25) is 0 Å². The summed E-state index contributed by atoms with van der Waals surface area (Å²) in [5, 5.41) is 8.93. The summed E-state index contributed by atoms with van der Waals surface area (Å²) in [5.41, 5.74) is 2.81. The molecular formula is C14H20O. The molecule has 15 heavy (non-hydrogen) atoms. The fraction of sp³-hybridized carbons (Fsp3) is 0.571. The monoisotopic (exact) mass is 204 g/mol. The van der Waals surface area contributed by atoms with Gasteiger partial charge in [-0.2, -0.15) is 0 Å². The molecule has 0 aliphatic heterocycles. The molecule has 1 heteroatoms. The zero-order valence-corrected chi connectivity index (χ0v) is 9.45. The standard InChI is InChI=1S/C14H20O/c1-11-4-2-5-12(8-11)6-3-7-13-9-14(13)10-15/h2,4-5,8,13-15H,3,6-7,9-10H2,1H3. The van der Waals surface area contributed by atoms with Gasteiger partial charge in [-0.3, -0.25) is 0 Å². The highest BCUT2D eigenvalue weighted by Gasteiger charge is 2.35. The Morgan fingerprint density at radius 1 is 1.33 bits per heavy atom. The van der Waals surface area contributed by atoms with E-state index in [1.54, 1.807) is 0 Å². The minimum Gasteiger partial charge on any atom is -0.396 e. The molecule has 0 spiro atoms. The molecule has 0 bridgehead atoms. The quantitative estimate of drug-likeness (QED) is 0.782. The van der Waals surface area contributed by atoms with Gasteiger partial charge in [-0.25, -0.2) is 0 Å². The molecule has 0 amide bonds. The number of hydrogen-bond donors (Lipinski definition) is 1. The van der Waals surface area contributed by atoms with E-state index in [0.717, 1.165) is 5.92 Å². The summed E-state index contributed by atoms with van der Waals surface area (Å²) < 4.78 is 0. The van der Waals surface area contributed by atoms with Crippen LogP contribution < -0.4 is 0 Å². The molecule has 1 aliphatic rings. The molecule has 1 fully saturated rings. The maximum absolute atomic E-state index is 8.93. The van der Waals surface area contributed by atoms with Crippen LogP contribution in [0.25, 0.3) is 0 Å². The van der Waals surface area contributed by atoms with Crippen molar-refractivity contribution in [2.45, 2.75) is 32.6 Å². The second-order valence-corrected chi connectivity index (χ2v) is 4.82. The molecule has 82 valence electrons. The van der Waals surface area contributed by atoms with E-state index in [0.29, 0.717) is 12.5 Å². The number of rotatable bonds is 5. The lowest BCUT2D eigenvalue weighted by atomic mass is 10.0. The van der Waals surface area contributed by atoms with Gasteiger partial charge in [0.2, 0.25) is 0 Å². The zero-order valence-electron chi connectivity index (χ0n) is 9.45. The first kappa shape index (κ1) is 10.7. The first-order valence-electron chi connectivity index (χ1n) is 5.96. The van der Waals surface area contributed by atoms with E-state index in [1.165, 1.54) is 36.8 Å². The molecule has 1 aromatic carbocycles. The fourth-order valence-electron chi connectivity index (χ4n) is 2.32. The summed E-state index contributed by atoms with van der Waals surface area (Å²) in [6, 6.07) is 8.77. The fourth-order valence-corrected chi connectivity index (χ4v) is 2.32. The molecule has 0 aromatic heterocycles. The Hall–Kier alpha value is -0.820. The Morgan fingerprint density at radius 2 is 2.20 bits per heavy atom. The summed E-state index contributed by atoms with van der Waals surface area (Å²) in [4.78, 5) is 0. The van der Waals surface area contributed by atoms with Gasteiger partial charge in [0.1, 0.15) is 0 Å². The Morgan fingerprint density at radius 3 is 2.87 bits per heavy atom. The van der Waals surface area contributed by atoms with E-state index >= 15 is 0 Å².